The normalized spacial score (nSPS) is 14.9. The second-order valence-corrected chi connectivity index (χ2v) is 8.20. The van der Waals surface area contributed by atoms with Crippen molar-refractivity contribution in [2.24, 2.45) is 0 Å². The number of carbonyl (C=O) groups is 1. The molecule has 1 aromatic heterocycles. The highest BCUT2D eigenvalue weighted by atomic mass is 35.5. The van der Waals surface area contributed by atoms with Crippen molar-refractivity contribution in [2.75, 3.05) is 5.32 Å². The number of nitrogens with zero attached hydrogens (tertiary/aromatic N) is 1. The molecule has 5 rings (SSSR count). The number of hydrogen-bond donors (Lipinski definition) is 2. The summed E-state index contributed by atoms with van der Waals surface area (Å²) in [5.74, 6) is 0.822. The number of H-pyrrole nitrogens is 1. The largest absolute Gasteiger partial charge is 0.489 e. The molecule has 0 spiro atoms. The average Bonchev–Trinajstić information content (AvgIpc) is 2.83. The first-order valence-corrected chi connectivity index (χ1v) is 10.9. The Bertz CT molecular complexity index is 1370. The Morgan fingerprint density at radius 3 is 2.42 bits per heavy atom. The smallest absolute Gasteiger partial charge is 0.257 e. The third kappa shape index (κ3) is 4.38. The van der Waals surface area contributed by atoms with Gasteiger partial charge in [0.2, 0.25) is 5.91 Å². The number of rotatable bonds is 5. The van der Waals surface area contributed by atoms with Gasteiger partial charge in [-0.1, -0.05) is 72.3 Å². The lowest BCUT2D eigenvalue weighted by atomic mass is 9.87. The maximum absolute atomic E-state index is 13.0. The molecule has 1 amide bonds. The number of ether oxygens (including phenoxy) is 1. The number of nitrogens with one attached hydrogen (secondary N) is 2. The van der Waals surface area contributed by atoms with Crippen LogP contribution in [0.1, 0.15) is 29.0 Å². The molecule has 4 aromatic rings. The van der Waals surface area contributed by atoms with Crippen molar-refractivity contribution in [3.05, 3.63) is 111 Å². The zero-order valence-corrected chi connectivity index (χ0v) is 18.3. The van der Waals surface area contributed by atoms with Crippen LogP contribution in [0.15, 0.2) is 83.7 Å². The van der Waals surface area contributed by atoms with Crippen molar-refractivity contribution < 1.29 is 9.53 Å². The molecular weight excluding hydrogens is 438 g/mol. The van der Waals surface area contributed by atoms with E-state index < -0.39 is 5.92 Å². The number of fused-ring (bicyclic) bond motifs is 1. The quantitative estimate of drug-likeness (QED) is 0.434. The molecule has 0 fully saturated rings. The Kier molecular flexibility index (Phi) is 5.67. The van der Waals surface area contributed by atoms with Gasteiger partial charge < -0.3 is 15.0 Å². The summed E-state index contributed by atoms with van der Waals surface area (Å²) >= 11 is 6.19. The zero-order valence-electron chi connectivity index (χ0n) is 17.5. The Hall–Kier alpha value is -3.90. The number of benzene rings is 3. The van der Waals surface area contributed by atoms with Gasteiger partial charge in [-0.05, 0) is 23.8 Å². The van der Waals surface area contributed by atoms with E-state index in [4.69, 9.17) is 16.3 Å². The van der Waals surface area contributed by atoms with Crippen LogP contribution in [0.5, 0.6) is 5.75 Å². The molecule has 1 aliphatic heterocycles. The summed E-state index contributed by atoms with van der Waals surface area (Å²) < 4.78 is 5.85. The van der Waals surface area contributed by atoms with Crippen LogP contribution >= 0.6 is 11.6 Å². The lowest BCUT2D eigenvalue weighted by Crippen LogP contribution is -2.31. The third-order valence-corrected chi connectivity index (χ3v) is 6.00. The molecule has 1 atom stereocenters. The molecule has 6 nitrogen and oxygen atoms in total. The van der Waals surface area contributed by atoms with Crippen LogP contribution in [0.4, 0.5) is 5.82 Å². The molecule has 33 heavy (non-hydrogen) atoms. The van der Waals surface area contributed by atoms with Crippen LogP contribution in [0.25, 0.3) is 11.4 Å². The highest BCUT2D eigenvalue weighted by Crippen LogP contribution is 2.35. The predicted octanol–water partition coefficient (Wildman–Crippen LogP) is 5.14. The van der Waals surface area contributed by atoms with Crippen LogP contribution in [0.2, 0.25) is 5.02 Å². The van der Waals surface area contributed by atoms with Gasteiger partial charge in [0.15, 0.2) is 0 Å². The SMILES string of the molecule is O=C1C[C@@H](c2ccc(OCc3ccccc3Cl)cc2)c2c(nc(-c3ccccc3)[nH]c2=O)N1. The van der Waals surface area contributed by atoms with Crippen LogP contribution in [0, 0.1) is 0 Å². The first-order valence-electron chi connectivity index (χ1n) is 10.5. The van der Waals surface area contributed by atoms with Gasteiger partial charge >= 0.3 is 0 Å². The van der Waals surface area contributed by atoms with E-state index in [0.29, 0.717) is 34.6 Å². The van der Waals surface area contributed by atoms with Gasteiger partial charge in [-0.15, -0.1) is 0 Å². The van der Waals surface area contributed by atoms with Crippen LogP contribution in [0.3, 0.4) is 0 Å². The maximum atomic E-state index is 13.0. The molecule has 0 saturated carbocycles. The summed E-state index contributed by atoms with van der Waals surface area (Å²) in [7, 11) is 0. The zero-order chi connectivity index (χ0) is 22.8. The number of halogens is 1. The number of amides is 1. The Balaban J connectivity index is 1.42. The molecule has 0 bridgehead atoms. The summed E-state index contributed by atoms with van der Waals surface area (Å²) in [4.78, 5) is 32.8. The average molecular weight is 458 g/mol. The highest BCUT2D eigenvalue weighted by Gasteiger charge is 2.31. The van der Waals surface area contributed by atoms with Gasteiger partial charge in [-0.3, -0.25) is 9.59 Å². The van der Waals surface area contributed by atoms with Gasteiger partial charge in [0, 0.05) is 28.5 Å². The predicted molar refractivity (Wildman–Crippen MR) is 128 cm³/mol. The lowest BCUT2D eigenvalue weighted by molar-refractivity contribution is -0.116. The minimum Gasteiger partial charge on any atom is -0.489 e. The second kappa shape index (κ2) is 8.92. The van der Waals surface area contributed by atoms with E-state index in [9.17, 15) is 9.59 Å². The molecule has 7 heteroatoms. The summed E-state index contributed by atoms with van der Waals surface area (Å²) in [5, 5.41) is 3.41. The monoisotopic (exact) mass is 457 g/mol. The number of carbonyl (C=O) groups excluding carboxylic acids is 1. The van der Waals surface area contributed by atoms with Gasteiger partial charge in [-0.2, -0.15) is 0 Å². The molecule has 2 heterocycles. The van der Waals surface area contributed by atoms with E-state index >= 15 is 0 Å². The van der Waals surface area contributed by atoms with Crippen molar-refractivity contribution in [3.63, 3.8) is 0 Å². The van der Waals surface area contributed by atoms with E-state index in [1.807, 2.05) is 78.9 Å². The molecule has 0 aliphatic carbocycles. The molecule has 0 radical (unpaired) electrons. The van der Waals surface area contributed by atoms with Crippen molar-refractivity contribution >= 4 is 23.3 Å². The second-order valence-electron chi connectivity index (χ2n) is 7.80. The number of aromatic nitrogens is 2. The Morgan fingerprint density at radius 2 is 1.67 bits per heavy atom. The maximum Gasteiger partial charge on any atom is 0.257 e. The topological polar surface area (TPSA) is 84.1 Å². The molecule has 164 valence electrons. The van der Waals surface area contributed by atoms with Gasteiger partial charge in [-0.25, -0.2) is 4.98 Å². The number of hydrogen-bond acceptors (Lipinski definition) is 4. The first-order chi connectivity index (χ1) is 16.1. The fourth-order valence-corrected chi connectivity index (χ4v) is 4.15. The Morgan fingerprint density at radius 1 is 0.939 bits per heavy atom. The molecule has 3 aromatic carbocycles. The molecule has 1 aliphatic rings. The standard InChI is InChI=1S/C26H20ClN3O3/c27-21-9-5-4-8-18(21)15-33-19-12-10-16(11-13-19)20-14-22(31)28-25-23(20)26(32)30-24(29-25)17-6-2-1-3-7-17/h1-13,20H,14-15H2,(H2,28,29,30,31,32)/t20-/m0/s1. The minimum atomic E-state index is -0.396. The van der Waals surface area contributed by atoms with Crippen LogP contribution in [-0.2, 0) is 11.4 Å². The molecule has 0 saturated heterocycles. The van der Waals surface area contributed by atoms with E-state index in [1.54, 1.807) is 0 Å². The Labute approximate surface area is 195 Å². The van der Waals surface area contributed by atoms with Gasteiger partial charge in [0.25, 0.3) is 5.56 Å². The summed E-state index contributed by atoms with van der Waals surface area (Å²) in [6.45, 7) is 0.347. The van der Waals surface area contributed by atoms with E-state index in [0.717, 1.165) is 16.7 Å². The van der Waals surface area contributed by atoms with Crippen molar-refractivity contribution in [1.29, 1.82) is 0 Å². The summed E-state index contributed by atoms with van der Waals surface area (Å²) in [5.41, 5.74) is 2.71. The van der Waals surface area contributed by atoms with Gasteiger partial charge in [0.1, 0.15) is 24.0 Å². The minimum absolute atomic E-state index is 0.169. The van der Waals surface area contributed by atoms with Crippen LogP contribution in [-0.4, -0.2) is 15.9 Å². The lowest BCUT2D eigenvalue weighted by Gasteiger charge is -2.24. The van der Waals surface area contributed by atoms with Crippen molar-refractivity contribution in [1.82, 2.24) is 9.97 Å². The van der Waals surface area contributed by atoms with Gasteiger partial charge in [0.05, 0.1) is 5.56 Å². The first kappa shape index (κ1) is 21.0. The van der Waals surface area contributed by atoms with E-state index in [2.05, 4.69) is 15.3 Å². The van der Waals surface area contributed by atoms with Crippen LogP contribution < -0.4 is 15.6 Å². The number of anilines is 1. The summed E-state index contributed by atoms with van der Waals surface area (Å²) in [6.07, 6.45) is 0.169. The van der Waals surface area contributed by atoms with Crippen molar-refractivity contribution in [3.8, 4) is 17.1 Å². The fraction of sp³-hybridized carbons (Fsp3) is 0.115. The molecule has 0 unspecified atom stereocenters. The molecular formula is C26H20ClN3O3. The highest BCUT2D eigenvalue weighted by molar-refractivity contribution is 6.31. The van der Waals surface area contributed by atoms with Crippen molar-refractivity contribution in [2.45, 2.75) is 18.9 Å². The van der Waals surface area contributed by atoms with E-state index in [-0.39, 0.29) is 17.9 Å². The molecule has 2 N–H and O–H groups in total. The third-order valence-electron chi connectivity index (χ3n) is 5.63. The number of aromatic amines is 1. The summed E-state index contributed by atoms with van der Waals surface area (Å²) in [6, 6.07) is 24.3. The fourth-order valence-electron chi connectivity index (χ4n) is 3.96. The van der Waals surface area contributed by atoms with E-state index in [1.165, 1.54) is 0 Å².